The van der Waals surface area contributed by atoms with Gasteiger partial charge in [0.1, 0.15) is 5.82 Å². The van der Waals surface area contributed by atoms with Gasteiger partial charge in [-0.2, -0.15) is 0 Å². The number of ether oxygens (including phenoxy) is 1. The first kappa shape index (κ1) is 12.9. The van der Waals surface area contributed by atoms with Crippen molar-refractivity contribution in [2.45, 2.75) is 6.54 Å². The lowest BCUT2D eigenvalue weighted by atomic mass is 10.1. The van der Waals surface area contributed by atoms with E-state index in [1.165, 1.54) is 7.11 Å². The SMILES string of the molecule is COc1c(N)cccc1C(=O)N(C)Cc1ncc[nH]1. The Kier molecular flexibility index (Phi) is 3.70. The number of amides is 1. The molecular formula is C13H16N4O2. The summed E-state index contributed by atoms with van der Waals surface area (Å²) < 4.78 is 5.19. The summed E-state index contributed by atoms with van der Waals surface area (Å²) in [5.41, 5.74) is 6.68. The lowest BCUT2D eigenvalue weighted by Crippen LogP contribution is -2.27. The third-order valence-corrected chi connectivity index (χ3v) is 2.77. The van der Waals surface area contributed by atoms with Crippen LogP contribution in [0.15, 0.2) is 30.6 Å². The van der Waals surface area contributed by atoms with E-state index in [4.69, 9.17) is 10.5 Å². The van der Waals surface area contributed by atoms with E-state index in [2.05, 4.69) is 9.97 Å². The molecule has 2 rings (SSSR count). The molecule has 0 fully saturated rings. The highest BCUT2D eigenvalue weighted by molar-refractivity contribution is 5.98. The van der Waals surface area contributed by atoms with E-state index in [9.17, 15) is 4.79 Å². The van der Waals surface area contributed by atoms with E-state index >= 15 is 0 Å². The maximum Gasteiger partial charge on any atom is 0.257 e. The number of anilines is 1. The number of carbonyl (C=O) groups is 1. The molecule has 0 aliphatic carbocycles. The number of hydrogen-bond donors (Lipinski definition) is 2. The summed E-state index contributed by atoms with van der Waals surface area (Å²) in [5.74, 6) is 0.957. The van der Waals surface area contributed by atoms with Gasteiger partial charge in [0, 0.05) is 19.4 Å². The predicted octanol–water partition coefficient (Wildman–Crippen LogP) is 1.27. The molecule has 0 atom stereocenters. The molecule has 0 saturated heterocycles. The summed E-state index contributed by atoms with van der Waals surface area (Å²) in [6.07, 6.45) is 3.36. The number of nitrogen functional groups attached to an aromatic ring is 1. The van der Waals surface area contributed by atoms with Crippen LogP contribution < -0.4 is 10.5 Å². The Morgan fingerprint density at radius 2 is 2.32 bits per heavy atom. The number of hydrogen-bond acceptors (Lipinski definition) is 4. The van der Waals surface area contributed by atoms with Crippen molar-refractivity contribution in [1.29, 1.82) is 0 Å². The fraction of sp³-hybridized carbons (Fsp3) is 0.231. The average Bonchev–Trinajstić information content (AvgIpc) is 2.90. The number of aromatic amines is 1. The van der Waals surface area contributed by atoms with E-state index in [0.717, 1.165) is 5.82 Å². The van der Waals surface area contributed by atoms with Gasteiger partial charge in [-0.1, -0.05) is 6.07 Å². The highest BCUT2D eigenvalue weighted by atomic mass is 16.5. The van der Waals surface area contributed by atoms with Crippen molar-refractivity contribution >= 4 is 11.6 Å². The Bertz CT molecular complexity index is 566. The summed E-state index contributed by atoms with van der Waals surface area (Å²) in [5, 5.41) is 0. The number of para-hydroxylation sites is 1. The Balaban J connectivity index is 2.22. The van der Waals surface area contributed by atoms with Gasteiger partial charge in [-0.25, -0.2) is 4.98 Å². The quantitative estimate of drug-likeness (QED) is 0.811. The number of methoxy groups -OCH3 is 1. The van der Waals surface area contributed by atoms with Crippen LogP contribution in [0.25, 0.3) is 0 Å². The average molecular weight is 260 g/mol. The number of H-pyrrole nitrogens is 1. The van der Waals surface area contributed by atoms with Crippen LogP contribution in [0, 0.1) is 0 Å². The molecule has 1 aromatic carbocycles. The summed E-state index contributed by atoms with van der Waals surface area (Å²) >= 11 is 0. The van der Waals surface area contributed by atoms with Crippen LogP contribution in [0.4, 0.5) is 5.69 Å². The molecule has 2 aromatic rings. The minimum atomic E-state index is -0.166. The third kappa shape index (κ3) is 2.67. The maximum atomic E-state index is 12.4. The molecule has 1 aromatic heterocycles. The number of benzene rings is 1. The van der Waals surface area contributed by atoms with Crippen molar-refractivity contribution in [3.63, 3.8) is 0 Å². The molecule has 1 heterocycles. The molecule has 0 saturated carbocycles. The predicted molar refractivity (Wildman–Crippen MR) is 71.8 cm³/mol. The molecular weight excluding hydrogens is 244 g/mol. The number of nitrogens with two attached hydrogens (primary N) is 1. The fourth-order valence-electron chi connectivity index (χ4n) is 1.84. The number of aromatic nitrogens is 2. The third-order valence-electron chi connectivity index (χ3n) is 2.77. The zero-order chi connectivity index (χ0) is 13.8. The molecule has 0 aliphatic heterocycles. The van der Waals surface area contributed by atoms with E-state index in [0.29, 0.717) is 23.5 Å². The van der Waals surface area contributed by atoms with E-state index in [-0.39, 0.29) is 5.91 Å². The number of imidazole rings is 1. The van der Waals surface area contributed by atoms with Crippen molar-refractivity contribution < 1.29 is 9.53 Å². The van der Waals surface area contributed by atoms with Gasteiger partial charge >= 0.3 is 0 Å². The van der Waals surface area contributed by atoms with Crippen molar-refractivity contribution in [2.24, 2.45) is 0 Å². The van der Waals surface area contributed by atoms with Crippen LogP contribution in [-0.2, 0) is 6.54 Å². The molecule has 6 heteroatoms. The van der Waals surface area contributed by atoms with Gasteiger partial charge < -0.3 is 20.4 Å². The summed E-state index contributed by atoms with van der Waals surface area (Å²) in [6.45, 7) is 0.393. The molecule has 0 radical (unpaired) electrons. The second-order valence-electron chi connectivity index (χ2n) is 4.13. The Morgan fingerprint density at radius 3 is 2.95 bits per heavy atom. The first-order chi connectivity index (χ1) is 9.13. The van der Waals surface area contributed by atoms with Crippen LogP contribution in [0.2, 0.25) is 0 Å². The van der Waals surface area contributed by atoms with E-state index < -0.39 is 0 Å². The highest BCUT2D eigenvalue weighted by Gasteiger charge is 2.18. The van der Waals surface area contributed by atoms with Crippen LogP contribution >= 0.6 is 0 Å². The summed E-state index contributed by atoms with van der Waals surface area (Å²) in [7, 11) is 3.20. The van der Waals surface area contributed by atoms with Gasteiger partial charge in [0.15, 0.2) is 5.75 Å². The monoisotopic (exact) mass is 260 g/mol. The normalized spacial score (nSPS) is 10.2. The summed E-state index contributed by atoms with van der Waals surface area (Å²) in [4.78, 5) is 20.9. The van der Waals surface area contributed by atoms with Gasteiger partial charge in [0.25, 0.3) is 5.91 Å². The molecule has 1 amide bonds. The Morgan fingerprint density at radius 1 is 1.53 bits per heavy atom. The van der Waals surface area contributed by atoms with Crippen LogP contribution in [0.5, 0.6) is 5.75 Å². The Labute approximate surface area is 111 Å². The second kappa shape index (κ2) is 5.43. The zero-order valence-corrected chi connectivity index (χ0v) is 10.9. The van der Waals surface area contributed by atoms with Gasteiger partial charge in [-0.05, 0) is 12.1 Å². The first-order valence-corrected chi connectivity index (χ1v) is 5.79. The van der Waals surface area contributed by atoms with Gasteiger partial charge in [-0.3, -0.25) is 4.79 Å². The van der Waals surface area contributed by atoms with Crippen molar-refractivity contribution in [1.82, 2.24) is 14.9 Å². The lowest BCUT2D eigenvalue weighted by Gasteiger charge is -2.18. The Hall–Kier alpha value is -2.50. The summed E-state index contributed by atoms with van der Waals surface area (Å²) in [6, 6.07) is 5.12. The molecule has 100 valence electrons. The first-order valence-electron chi connectivity index (χ1n) is 5.79. The second-order valence-corrected chi connectivity index (χ2v) is 4.13. The fourth-order valence-corrected chi connectivity index (χ4v) is 1.84. The van der Waals surface area contributed by atoms with Crippen molar-refractivity contribution in [3.05, 3.63) is 42.0 Å². The molecule has 0 bridgehead atoms. The highest BCUT2D eigenvalue weighted by Crippen LogP contribution is 2.26. The number of carbonyl (C=O) groups excluding carboxylic acids is 1. The smallest absolute Gasteiger partial charge is 0.257 e. The van der Waals surface area contributed by atoms with Crippen molar-refractivity contribution in [3.8, 4) is 5.75 Å². The molecule has 19 heavy (non-hydrogen) atoms. The van der Waals surface area contributed by atoms with Crippen molar-refractivity contribution in [2.75, 3.05) is 19.9 Å². The minimum Gasteiger partial charge on any atom is -0.494 e. The van der Waals surface area contributed by atoms with E-state index in [1.54, 1.807) is 42.5 Å². The van der Waals surface area contributed by atoms with E-state index in [1.807, 2.05) is 0 Å². The van der Waals surface area contributed by atoms with Crippen LogP contribution in [0.1, 0.15) is 16.2 Å². The number of nitrogens with one attached hydrogen (secondary N) is 1. The number of nitrogens with zero attached hydrogens (tertiary/aromatic N) is 2. The largest absolute Gasteiger partial charge is 0.494 e. The zero-order valence-electron chi connectivity index (χ0n) is 10.9. The minimum absolute atomic E-state index is 0.166. The van der Waals surface area contributed by atoms with Gasteiger partial charge in [0.05, 0.1) is 24.9 Å². The van der Waals surface area contributed by atoms with Crippen LogP contribution in [0.3, 0.4) is 0 Å². The molecule has 6 nitrogen and oxygen atoms in total. The molecule has 0 aliphatic rings. The topological polar surface area (TPSA) is 84.2 Å². The van der Waals surface area contributed by atoms with Gasteiger partial charge in [0.2, 0.25) is 0 Å². The molecule has 0 unspecified atom stereocenters. The molecule has 0 spiro atoms. The van der Waals surface area contributed by atoms with Gasteiger partial charge in [-0.15, -0.1) is 0 Å². The lowest BCUT2D eigenvalue weighted by molar-refractivity contribution is 0.0778. The molecule has 3 N–H and O–H groups in total. The number of rotatable bonds is 4. The van der Waals surface area contributed by atoms with Crippen LogP contribution in [-0.4, -0.2) is 34.9 Å². The maximum absolute atomic E-state index is 12.4. The standard InChI is InChI=1S/C13H16N4O2/c1-17(8-11-15-6-7-16-11)13(18)9-4-3-5-10(14)12(9)19-2/h3-7H,8,14H2,1-2H3,(H,15,16).